The number of aryl methyl sites for hydroxylation is 2. The van der Waals surface area contributed by atoms with Crippen molar-refractivity contribution in [3.05, 3.63) is 51.9 Å². The van der Waals surface area contributed by atoms with Crippen LogP contribution in [0.5, 0.6) is 0 Å². The molecule has 0 spiro atoms. The second-order valence-corrected chi connectivity index (χ2v) is 7.17. The van der Waals surface area contributed by atoms with E-state index >= 15 is 0 Å². The van der Waals surface area contributed by atoms with Crippen LogP contribution in [-0.4, -0.2) is 23.9 Å². The van der Waals surface area contributed by atoms with E-state index in [1.54, 1.807) is 11.4 Å². The highest BCUT2D eigenvalue weighted by molar-refractivity contribution is 7.14. The molecule has 3 rings (SSSR count). The summed E-state index contributed by atoms with van der Waals surface area (Å²) in [7, 11) is 0. The molecule has 0 saturated carbocycles. The fourth-order valence-corrected chi connectivity index (χ4v) is 3.75. The van der Waals surface area contributed by atoms with Crippen molar-refractivity contribution in [3.8, 4) is 0 Å². The maximum Gasteiger partial charge on any atom is 0.338 e. The summed E-state index contributed by atoms with van der Waals surface area (Å²) in [6, 6.07) is 7.08. The van der Waals surface area contributed by atoms with E-state index in [0.29, 0.717) is 10.6 Å². The third-order valence-corrected chi connectivity index (χ3v) is 5.23. The van der Waals surface area contributed by atoms with Gasteiger partial charge < -0.3 is 15.8 Å². The number of benzene rings is 1. The highest BCUT2D eigenvalue weighted by atomic mass is 32.1. The number of fused-ring (bicyclic) bond motifs is 1. The SMILES string of the molecule is CC(OC(=O)c1ccc2c(c1)CCCC2)C(=O)Nc1sccc1C(N)=O. The largest absolute Gasteiger partial charge is 0.449 e. The molecule has 0 radical (unpaired) electrons. The summed E-state index contributed by atoms with van der Waals surface area (Å²) < 4.78 is 5.28. The maximum absolute atomic E-state index is 12.3. The molecule has 2 amide bonds. The minimum absolute atomic E-state index is 0.233. The first-order valence-corrected chi connectivity index (χ1v) is 9.34. The van der Waals surface area contributed by atoms with Crippen molar-refractivity contribution in [2.75, 3.05) is 5.32 Å². The minimum Gasteiger partial charge on any atom is -0.449 e. The molecule has 1 aliphatic carbocycles. The number of carbonyl (C=O) groups is 3. The zero-order valence-electron chi connectivity index (χ0n) is 14.4. The van der Waals surface area contributed by atoms with Gasteiger partial charge in [0.1, 0.15) is 5.00 Å². The number of nitrogens with two attached hydrogens (primary N) is 1. The van der Waals surface area contributed by atoms with E-state index < -0.39 is 23.9 Å². The van der Waals surface area contributed by atoms with Crippen LogP contribution in [0.1, 0.15) is 51.6 Å². The fourth-order valence-electron chi connectivity index (χ4n) is 2.96. The molecule has 1 aromatic heterocycles. The lowest BCUT2D eigenvalue weighted by atomic mass is 9.90. The summed E-state index contributed by atoms with van der Waals surface area (Å²) in [5.74, 6) is -1.68. The number of thiophene rings is 1. The van der Waals surface area contributed by atoms with Crippen LogP contribution in [0, 0.1) is 0 Å². The molecule has 3 N–H and O–H groups in total. The van der Waals surface area contributed by atoms with Crippen molar-refractivity contribution < 1.29 is 19.1 Å². The molecule has 1 aromatic carbocycles. The van der Waals surface area contributed by atoms with Gasteiger partial charge in [0.2, 0.25) is 0 Å². The Labute approximate surface area is 155 Å². The predicted molar refractivity (Wildman–Crippen MR) is 99.4 cm³/mol. The van der Waals surface area contributed by atoms with Crippen molar-refractivity contribution in [2.24, 2.45) is 5.73 Å². The van der Waals surface area contributed by atoms with Gasteiger partial charge in [0.05, 0.1) is 11.1 Å². The Morgan fingerprint density at radius 2 is 1.88 bits per heavy atom. The standard InChI is InChI=1S/C19H20N2O4S/c1-11(17(23)21-18-15(16(20)22)8-9-26-18)25-19(24)14-7-6-12-4-2-3-5-13(12)10-14/h6-11H,2-5H2,1H3,(H2,20,22)(H,21,23). The summed E-state index contributed by atoms with van der Waals surface area (Å²) >= 11 is 1.18. The number of esters is 1. The monoisotopic (exact) mass is 372 g/mol. The molecule has 136 valence electrons. The van der Waals surface area contributed by atoms with Crippen molar-refractivity contribution in [3.63, 3.8) is 0 Å². The van der Waals surface area contributed by atoms with Crippen molar-refractivity contribution >= 4 is 34.1 Å². The van der Waals surface area contributed by atoms with E-state index in [4.69, 9.17) is 10.5 Å². The number of anilines is 1. The first-order chi connectivity index (χ1) is 12.5. The van der Waals surface area contributed by atoms with Gasteiger partial charge in [-0.2, -0.15) is 0 Å². The minimum atomic E-state index is -0.999. The van der Waals surface area contributed by atoms with Gasteiger partial charge >= 0.3 is 5.97 Å². The molecule has 0 bridgehead atoms. The van der Waals surface area contributed by atoms with Gasteiger partial charge in [-0.1, -0.05) is 6.07 Å². The van der Waals surface area contributed by atoms with Crippen LogP contribution in [0.3, 0.4) is 0 Å². The van der Waals surface area contributed by atoms with Crippen LogP contribution >= 0.6 is 11.3 Å². The molecule has 2 aromatic rings. The van der Waals surface area contributed by atoms with E-state index in [1.165, 1.54) is 41.9 Å². The zero-order chi connectivity index (χ0) is 18.7. The lowest BCUT2D eigenvalue weighted by Gasteiger charge is -2.17. The quantitative estimate of drug-likeness (QED) is 0.789. The van der Waals surface area contributed by atoms with Gasteiger partial charge in [-0.05, 0) is 67.3 Å². The van der Waals surface area contributed by atoms with Crippen LogP contribution in [-0.2, 0) is 22.4 Å². The number of amides is 2. The van der Waals surface area contributed by atoms with E-state index in [2.05, 4.69) is 5.32 Å². The number of carbonyl (C=O) groups excluding carboxylic acids is 3. The third-order valence-electron chi connectivity index (χ3n) is 4.40. The highest BCUT2D eigenvalue weighted by Crippen LogP contribution is 2.24. The average Bonchev–Trinajstić information content (AvgIpc) is 3.09. The Hall–Kier alpha value is -2.67. The molecule has 1 atom stereocenters. The highest BCUT2D eigenvalue weighted by Gasteiger charge is 2.22. The molecule has 6 nitrogen and oxygen atoms in total. The van der Waals surface area contributed by atoms with Gasteiger partial charge in [-0.3, -0.25) is 9.59 Å². The smallest absolute Gasteiger partial charge is 0.338 e. The molecule has 1 aliphatic rings. The predicted octanol–water partition coefficient (Wildman–Crippen LogP) is 2.91. The first-order valence-electron chi connectivity index (χ1n) is 8.46. The second kappa shape index (κ2) is 7.70. The van der Waals surface area contributed by atoms with E-state index in [9.17, 15) is 14.4 Å². The number of primary amides is 1. The Bertz CT molecular complexity index is 859. The van der Waals surface area contributed by atoms with Crippen LogP contribution in [0.2, 0.25) is 0 Å². The van der Waals surface area contributed by atoms with Crippen molar-refractivity contribution in [2.45, 2.75) is 38.7 Å². The molecule has 1 unspecified atom stereocenters. The maximum atomic E-state index is 12.3. The summed E-state index contributed by atoms with van der Waals surface area (Å²) in [5, 5.41) is 4.58. The van der Waals surface area contributed by atoms with Crippen LogP contribution in [0.4, 0.5) is 5.00 Å². The molecule has 26 heavy (non-hydrogen) atoms. The van der Waals surface area contributed by atoms with Crippen LogP contribution in [0.15, 0.2) is 29.6 Å². The molecule has 0 fully saturated rings. The van der Waals surface area contributed by atoms with Crippen molar-refractivity contribution in [1.29, 1.82) is 0 Å². The van der Waals surface area contributed by atoms with Gasteiger partial charge in [-0.25, -0.2) is 4.79 Å². The number of ether oxygens (including phenoxy) is 1. The molecular weight excluding hydrogens is 352 g/mol. The van der Waals surface area contributed by atoms with E-state index in [-0.39, 0.29) is 5.56 Å². The summed E-state index contributed by atoms with van der Waals surface area (Å²) in [4.78, 5) is 35.9. The second-order valence-electron chi connectivity index (χ2n) is 6.26. The zero-order valence-corrected chi connectivity index (χ0v) is 15.2. The number of hydrogen-bond acceptors (Lipinski definition) is 5. The molecular formula is C19H20N2O4S. The lowest BCUT2D eigenvalue weighted by Crippen LogP contribution is -2.30. The van der Waals surface area contributed by atoms with Crippen molar-refractivity contribution in [1.82, 2.24) is 0 Å². The van der Waals surface area contributed by atoms with E-state index in [0.717, 1.165) is 19.3 Å². The summed E-state index contributed by atoms with van der Waals surface area (Å²) in [5.41, 5.74) is 8.38. The van der Waals surface area contributed by atoms with Gasteiger partial charge in [0, 0.05) is 0 Å². The number of nitrogens with one attached hydrogen (secondary N) is 1. The number of rotatable bonds is 5. The van der Waals surface area contributed by atoms with Gasteiger partial charge in [0.15, 0.2) is 6.10 Å². The lowest BCUT2D eigenvalue weighted by molar-refractivity contribution is -0.123. The molecule has 7 heteroatoms. The fraction of sp³-hybridized carbons (Fsp3) is 0.316. The first kappa shape index (κ1) is 18.1. The van der Waals surface area contributed by atoms with Crippen LogP contribution < -0.4 is 11.1 Å². The third kappa shape index (κ3) is 3.94. The normalized spacial score (nSPS) is 14.2. The Balaban J connectivity index is 1.64. The molecule has 0 aliphatic heterocycles. The summed E-state index contributed by atoms with van der Waals surface area (Å²) in [6.07, 6.45) is 3.28. The summed E-state index contributed by atoms with van der Waals surface area (Å²) in [6.45, 7) is 1.49. The average molecular weight is 372 g/mol. The van der Waals surface area contributed by atoms with Gasteiger partial charge in [-0.15, -0.1) is 11.3 Å². The Kier molecular flexibility index (Phi) is 5.37. The Morgan fingerprint density at radius 1 is 1.15 bits per heavy atom. The van der Waals surface area contributed by atoms with Gasteiger partial charge in [0.25, 0.3) is 11.8 Å². The number of hydrogen-bond donors (Lipinski definition) is 2. The van der Waals surface area contributed by atoms with E-state index in [1.807, 2.05) is 12.1 Å². The topological polar surface area (TPSA) is 98.5 Å². The molecule has 0 saturated heterocycles. The van der Waals surface area contributed by atoms with Crippen LogP contribution in [0.25, 0.3) is 0 Å². The molecule has 1 heterocycles. The Morgan fingerprint density at radius 3 is 2.62 bits per heavy atom.